The van der Waals surface area contributed by atoms with Gasteiger partial charge >= 0.3 is 0 Å². The smallest absolute Gasteiger partial charge is 0.229 e. The first-order valence-electron chi connectivity index (χ1n) is 11.4. The number of aromatic nitrogens is 2. The molecule has 0 bridgehead atoms. The van der Waals surface area contributed by atoms with Crippen LogP contribution in [0.5, 0.6) is 11.5 Å². The number of para-hydroxylation sites is 1. The second kappa shape index (κ2) is 9.42. The van der Waals surface area contributed by atoms with Crippen molar-refractivity contribution < 1.29 is 26.7 Å². The summed E-state index contributed by atoms with van der Waals surface area (Å²) in [4.78, 5) is 13.3. The zero-order valence-electron chi connectivity index (χ0n) is 20.3. The molecule has 194 valence electrons. The number of anilines is 2. The SMILES string of the molecule is Cc1cc(Oc2ccccc2)cc(F)c1-n1ncc(C(=O)C2=Cc3cc(NS(C)(=O)=O)c(F)cc3C2)c1N. The number of Topliss-reactive ketones (excluding diaryl/α,β-unsaturated/α-hetero) is 1. The molecule has 0 spiro atoms. The van der Waals surface area contributed by atoms with Crippen LogP contribution in [0.2, 0.25) is 0 Å². The van der Waals surface area contributed by atoms with Crippen molar-refractivity contribution in [1.29, 1.82) is 0 Å². The summed E-state index contributed by atoms with van der Waals surface area (Å²) in [6.07, 6.45) is 3.84. The van der Waals surface area contributed by atoms with Gasteiger partial charge in [-0.25, -0.2) is 21.9 Å². The number of hydrogen-bond acceptors (Lipinski definition) is 6. The summed E-state index contributed by atoms with van der Waals surface area (Å²) in [7, 11) is -3.69. The van der Waals surface area contributed by atoms with Gasteiger partial charge in [0.1, 0.15) is 28.8 Å². The molecule has 8 nitrogen and oxygen atoms in total. The normalized spacial score (nSPS) is 12.7. The first kappa shape index (κ1) is 25.2. The molecule has 0 amide bonds. The van der Waals surface area contributed by atoms with Crippen LogP contribution in [0, 0.1) is 18.6 Å². The average molecular weight is 537 g/mol. The van der Waals surface area contributed by atoms with E-state index in [0.29, 0.717) is 33.8 Å². The Bertz CT molecular complexity index is 1710. The van der Waals surface area contributed by atoms with Crippen molar-refractivity contribution in [2.24, 2.45) is 0 Å². The van der Waals surface area contributed by atoms with Gasteiger partial charge in [-0.1, -0.05) is 18.2 Å². The van der Waals surface area contributed by atoms with E-state index < -0.39 is 27.4 Å². The maximum absolute atomic E-state index is 15.2. The number of benzene rings is 3. The van der Waals surface area contributed by atoms with E-state index in [1.165, 1.54) is 24.4 Å². The lowest BCUT2D eigenvalue weighted by Crippen LogP contribution is -2.11. The molecule has 3 N–H and O–H groups in total. The van der Waals surface area contributed by atoms with Crippen molar-refractivity contribution in [2.45, 2.75) is 13.3 Å². The molecule has 1 aliphatic rings. The number of carbonyl (C=O) groups excluding carboxylic acids is 1. The molecule has 0 aliphatic heterocycles. The molecule has 1 aliphatic carbocycles. The molecule has 5 rings (SSSR count). The molecule has 11 heteroatoms. The highest BCUT2D eigenvalue weighted by Crippen LogP contribution is 2.34. The van der Waals surface area contributed by atoms with Gasteiger partial charge < -0.3 is 10.5 Å². The summed E-state index contributed by atoms with van der Waals surface area (Å²) < 4.78 is 61.6. The number of nitrogens with two attached hydrogens (primary N) is 1. The summed E-state index contributed by atoms with van der Waals surface area (Å²) in [5.74, 6) is -1.06. The van der Waals surface area contributed by atoms with Crippen molar-refractivity contribution >= 4 is 33.4 Å². The summed E-state index contributed by atoms with van der Waals surface area (Å²) in [5.41, 5.74) is 7.98. The quantitative estimate of drug-likeness (QED) is 0.320. The third-order valence-corrected chi connectivity index (χ3v) is 6.59. The molecule has 3 aromatic carbocycles. The number of aryl methyl sites for hydroxylation is 1. The highest BCUT2D eigenvalue weighted by atomic mass is 32.2. The minimum atomic E-state index is -3.69. The standard InChI is InChI=1S/C27H22F2N4O4S/c1-15-8-20(37-19-6-4-3-5-7-19)13-23(29)25(15)33-27(30)21(14-31-33)26(34)18-9-16-11-22(28)24(12-17(16)10-18)32-38(2,35)36/h3-8,10-14,32H,9,30H2,1-2H3. The Kier molecular flexibility index (Phi) is 6.23. The van der Waals surface area contributed by atoms with Crippen molar-refractivity contribution in [1.82, 2.24) is 9.78 Å². The number of nitrogens with one attached hydrogen (secondary N) is 1. The van der Waals surface area contributed by atoms with Gasteiger partial charge in [-0.2, -0.15) is 5.10 Å². The van der Waals surface area contributed by atoms with Crippen LogP contribution in [0.15, 0.2) is 66.4 Å². The van der Waals surface area contributed by atoms with E-state index in [1.807, 2.05) is 6.07 Å². The molecule has 1 heterocycles. The summed E-state index contributed by atoms with van der Waals surface area (Å²) >= 11 is 0. The predicted molar refractivity (Wildman–Crippen MR) is 140 cm³/mol. The Morgan fingerprint density at radius 3 is 2.50 bits per heavy atom. The number of rotatable bonds is 7. The van der Waals surface area contributed by atoms with E-state index in [2.05, 4.69) is 9.82 Å². The van der Waals surface area contributed by atoms with Crippen LogP contribution in [0.3, 0.4) is 0 Å². The average Bonchev–Trinajstić information content (AvgIpc) is 3.41. The van der Waals surface area contributed by atoms with E-state index in [9.17, 15) is 17.6 Å². The van der Waals surface area contributed by atoms with E-state index in [1.54, 1.807) is 43.3 Å². The van der Waals surface area contributed by atoms with Crippen LogP contribution in [0.1, 0.15) is 27.0 Å². The zero-order valence-corrected chi connectivity index (χ0v) is 21.1. The summed E-state index contributed by atoms with van der Waals surface area (Å²) in [6.45, 7) is 1.67. The maximum atomic E-state index is 15.2. The first-order chi connectivity index (χ1) is 18.0. The largest absolute Gasteiger partial charge is 0.457 e. The third-order valence-electron chi connectivity index (χ3n) is 6.00. The first-order valence-corrected chi connectivity index (χ1v) is 13.3. The lowest BCUT2D eigenvalue weighted by Gasteiger charge is -2.13. The molecule has 38 heavy (non-hydrogen) atoms. The van der Waals surface area contributed by atoms with Gasteiger partial charge in [0.15, 0.2) is 11.6 Å². The van der Waals surface area contributed by atoms with Crippen LogP contribution < -0.4 is 15.2 Å². The molecular formula is C27H22F2N4O4S. The number of carbonyl (C=O) groups is 1. The van der Waals surface area contributed by atoms with Gasteiger partial charge in [-0.05, 0) is 60.0 Å². The number of nitrogen functional groups attached to an aromatic ring is 1. The van der Waals surface area contributed by atoms with E-state index >= 15 is 4.39 Å². The van der Waals surface area contributed by atoms with Gasteiger partial charge in [0.05, 0.1) is 23.7 Å². The Hall–Kier alpha value is -4.51. The lowest BCUT2D eigenvalue weighted by molar-refractivity contribution is 0.103. The number of allylic oxidation sites excluding steroid dienone is 1. The van der Waals surface area contributed by atoms with E-state index in [4.69, 9.17) is 10.5 Å². The fraction of sp³-hybridized carbons (Fsp3) is 0.111. The Morgan fingerprint density at radius 2 is 1.82 bits per heavy atom. The Balaban J connectivity index is 1.42. The Morgan fingerprint density at radius 1 is 1.08 bits per heavy atom. The molecule has 0 saturated heterocycles. The minimum absolute atomic E-state index is 0.0578. The highest BCUT2D eigenvalue weighted by molar-refractivity contribution is 7.92. The molecule has 0 saturated carbocycles. The fourth-order valence-electron chi connectivity index (χ4n) is 4.33. The monoisotopic (exact) mass is 536 g/mol. The number of fused-ring (bicyclic) bond motifs is 1. The second-order valence-corrected chi connectivity index (χ2v) is 10.7. The van der Waals surface area contributed by atoms with Crippen LogP contribution in [-0.2, 0) is 16.4 Å². The number of hydrogen-bond donors (Lipinski definition) is 2. The minimum Gasteiger partial charge on any atom is -0.457 e. The number of halogens is 2. The van der Waals surface area contributed by atoms with Crippen LogP contribution in [-0.4, -0.2) is 30.2 Å². The molecule has 1 aromatic heterocycles. The van der Waals surface area contributed by atoms with E-state index in [-0.39, 0.29) is 29.2 Å². The summed E-state index contributed by atoms with van der Waals surface area (Å²) in [6, 6.07) is 14.3. The third kappa shape index (κ3) is 4.88. The number of ketones is 1. The number of ether oxygens (including phenoxy) is 1. The van der Waals surface area contributed by atoms with Crippen molar-refractivity contribution in [2.75, 3.05) is 16.7 Å². The number of sulfonamides is 1. The van der Waals surface area contributed by atoms with Crippen LogP contribution in [0.25, 0.3) is 11.8 Å². The number of nitrogens with zero attached hydrogens (tertiary/aromatic N) is 2. The lowest BCUT2D eigenvalue weighted by atomic mass is 10.0. The van der Waals surface area contributed by atoms with Crippen molar-refractivity contribution in [3.05, 3.63) is 100 Å². The van der Waals surface area contributed by atoms with Gasteiger partial charge in [0.25, 0.3) is 0 Å². The maximum Gasteiger partial charge on any atom is 0.229 e. The molecular weight excluding hydrogens is 514 g/mol. The Labute approximate surface area is 217 Å². The molecule has 4 aromatic rings. The summed E-state index contributed by atoms with van der Waals surface area (Å²) in [5, 5.41) is 4.16. The second-order valence-electron chi connectivity index (χ2n) is 8.92. The van der Waals surface area contributed by atoms with Crippen molar-refractivity contribution in [3.8, 4) is 17.2 Å². The van der Waals surface area contributed by atoms with Gasteiger partial charge in [-0.15, -0.1) is 0 Å². The zero-order chi connectivity index (χ0) is 27.2. The molecule has 0 radical (unpaired) electrons. The molecule has 0 fully saturated rings. The predicted octanol–water partition coefficient (Wildman–Crippen LogP) is 5.03. The molecule has 0 atom stereocenters. The van der Waals surface area contributed by atoms with Gasteiger partial charge in [0, 0.05) is 18.1 Å². The molecule has 0 unspecified atom stereocenters. The topological polar surface area (TPSA) is 116 Å². The van der Waals surface area contributed by atoms with E-state index in [0.717, 1.165) is 10.9 Å². The van der Waals surface area contributed by atoms with Gasteiger partial charge in [0.2, 0.25) is 10.0 Å². The van der Waals surface area contributed by atoms with Crippen molar-refractivity contribution in [3.63, 3.8) is 0 Å². The van der Waals surface area contributed by atoms with Gasteiger partial charge in [-0.3, -0.25) is 9.52 Å². The highest BCUT2D eigenvalue weighted by Gasteiger charge is 2.26. The van der Waals surface area contributed by atoms with Crippen LogP contribution in [0.4, 0.5) is 20.3 Å². The fourth-order valence-corrected chi connectivity index (χ4v) is 4.88. The van der Waals surface area contributed by atoms with Crippen LogP contribution >= 0.6 is 0 Å².